The first-order chi connectivity index (χ1) is 11.2. The van der Waals surface area contributed by atoms with Gasteiger partial charge in [-0.1, -0.05) is 26.4 Å². The third-order valence-electron chi connectivity index (χ3n) is 3.96. The second kappa shape index (κ2) is 5.29. The highest BCUT2D eigenvalue weighted by Crippen LogP contribution is 3.02. The second-order valence-corrected chi connectivity index (χ2v) is 8.54. The SMILES string of the molecule is CC1(C(NC(=O)c2ccc(S(F)(F)(F)(F)F)cc2)C(=O)NO)CNC1. The summed E-state index contributed by atoms with van der Waals surface area (Å²) in [4.78, 5) is 21.8. The van der Waals surface area contributed by atoms with Gasteiger partial charge in [0.2, 0.25) is 0 Å². The molecule has 0 saturated carbocycles. The summed E-state index contributed by atoms with van der Waals surface area (Å²) in [6, 6.07) is 0.255. The number of carbonyl (C=O) groups excluding carboxylic acids is 2. The van der Waals surface area contributed by atoms with E-state index in [-0.39, 0.29) is 17.7 Å². The van der Waals surface area contributed by atoms with Gasteiger partial charge in [0.1, 0.15) is 10.9 Å². The number of rotatable bonds is 5. The maximum atomic E-state index is 12.7. The maximum absolute atomic E-state index is 12.7. The lowest BCUT2D eigenvalue weighted by Gasteiger charge is -2.44. The minimum atomic E-state index is -9.82. The van der Waals surface area contributed by atoms with Gasteiger partial charge in [0.15, 0.2) is 0 Å². The van der Waals surface area contributed by atoms with Crippen LogP contribution in [0.15, 0.2) is 29.2 Å². The first-order valence-corrected chi connectivity index (χ1v) is 8.91. The summed E-state index contributed by atoms with van der Waals surface area (Å²) in [5.74, 6) is -1.84. The fraction of sp³-hybridized carbons (Fsp3) is 0.385. The predicted octanol–water partition coefficient (Wildman–Crippen LogP) is 2.56. The molecule has 142 valence electrons. The molecule has 0 bridgehead atoms. The summed E-state index contributed by atoms with van der Waals surface area (Å²) in [5, 5.41) is 14.0. The number of hydrogen-bond donors (Lipinski definition) is 4. The Kier molecular flexibility index (Phi) is 4.10. The van der Waals surface area contributed by atoms with Crippen LogP contribution in [-0.4, -0.2) is 36.2 Å². The number of hydroxylamine groups is 1. The third kappa shape index (κ3) is 4.19. The summed E-state index contributed by atoms with van der Waals surface area (Å²) >= 11 is 0. The van der Waals surface area contributed by atoms with E-state index in [1.165, 1.54) is 5.48 Å². The Bertz CT molecular complexity index is 704. The lowest BCUT2D eigenvalue weighted by Crippen LogP contribution is -2.66. The van der Waals surface area contributed by atoms with Crippen LogP contribution in [0.5, 0.6) is 0 Å². The Labute approximate surface area is 139 Å². The van der Waals surface area contributed by atoms with Crippen molar-refractivity contribution in [3.63, 3.8) is 0 Å². The van der Waals surface area contributed by atoms with Crippen molar-refractivity contribution in [3.05, 3.63) is 29.8 Å². The van der Waals surface area contributed by atoms with Gasteiger partial charge in [-0.05, 0) is 24.3 Å². The van der Waals surface area contributed by atoms with Gasteiger partial charge in [-0.3, -0.25) is 14.8 Å². The number of hydrogen-bond acceptors (Lipinski definition) is 4. The van der Waals surface area contributed by atoms with E-state index in [0.717, 1.165) is 0 Å². The van der Waals surface area contributed by atoms with Gasteiger partial charge in [0, 0.05) is 24.1 Å². The van der Waals surface area contributed by atoms with E-state index in [4.69, 9.17) is 5.21 Å². The summed E-state index contributed by atoms with van der Waals surface area (Å²) < 4.78 is 63.3. The molecular formula is C13H16F5N3O3S. The topological polar surface area (TPSA) is 90.5 Å². The number of halogens is 5. The molecule has 25 heavy (non-hydrogen) atoms. The van der Waals surface area contributed by atoms with Crippen LogP contribution < -0.4 is 16.1 Å². The Morgan fingerprint density at radius 1 is 1.16 bits per heavy atom. The van der Waals surface area contributed by atoms with Crippen molar-refractivity contribution >= 4 is 22.0 Å². The van der Waals surface area contributed by atoms with E-state index in [2.05, 4.69) is 10.6 Å². The molecule has 6 nitrogen and oxygen atoms in total. The van der Waals surface area contributed by atoms with Gasteiger partial charge < -0.3 is 10.6 Å². The van der Waals surface area contributed by atoms with Crippen LogP contribution in [-0.2, 0) is 4.79 Å². The zero-order valence-corrected chi connectivity index (χ0v) is 13.7. The van der Waals surface area contributed by atoms with E-state index in [9.17, 15) is 29.0 Å². The molecule has 1 aromatic carbocycles. The van der Waals surface area contributed by atoms with Crippen LogP contribution in [0.25, 0.3) is 0 Å². The molecule has 2 rings (SSSR count). The Balaban J connectivity index is 2.22. The smallest absolute Gasteiger partial charge is 0.310 e. The fourth-order valence-electron chi connectivity index (χ4n) is 2.42. The molecule has 2 amide bonds. The molecule has 1 fully saturated rings. The first-order valence-electron chi connectivity index (χ1n) is 6.96. The van der Waals surface area contributed by atoms with Crippen molar-refractivity contribution in [3.8, 4) is 0 Å². The second-order valence-electron chi connectivity index (χ2n) is 6.13. The molecule has 1 aliphatic rings. The summed E-state index contributed by atoms with van der Waals surface area (Å²) in [7, 11) is -9.82. The van der Waals surface area contributed by atoms with Gasteiger partial charge in [-0.25, -0.2) is 5.48 Å². The van der Waals surface area contributed by atoms with Crippen LogP contribution >= 0.6 is 10.2 Å². The Morgan fingerprint density at radius 3 is 2.04 bits per heavy atom. The third-order valence-corrected chi connectivity index (χ3v) is 5.13. The average Bonchev–Trinajstić information content (AvgIpc) is 2.47. The molecule has 1 unspecified atom stereocenters. The molecule has 12 heteroatoms. The van der Waals surface area contributed by atoms with Gasteiger partial charge in [0.25, 0.3) is 11.8 Å². The highest BCUT2D eigenvalue weighted by molar-refractivity contribution is 8.45. The summed E-state index contributed by atoms with van der Waals surface area (Å²) in [5.41, 5.74) is 0.359. The van der Waals surface area contributed by atoms with E-state index in [0.29, 0.717) is 25.2 Å². The van der Waals surface area contributed by atoms with Crippen LogP contribution in [0.4, 0.5) is 19.4 Å². The summed E-state index contributed by atoms with van der Waals surface area (Å²) in [6.45, 7) is 2.37. The minimum Gasteiger partial charge on any atom is -0.340 e. The van der Waals surface area contributed by atoms with Crippen LogP contribution in [0.2, 0.25) is 0 Å². The van der Waals surface area contributed by atoms with Crippen LogP contribution in [0.3, 0.4) is 0 Å². The van der Waals surface area contributed by atoms with Crippen molar-refractivity contribution in [1.82, 2.24) is 16.1 Å². The van der Waals surface area contributed by atoms with Crippen molar-refractivity contribution in [1.29, 1.82) is 0 Å². The van der Waals surface area contributed by atoms with Gasteiger partial charge in [0.05, 0.1) is 0 Å². The Hall–Kier alpha value is -1.92. The molecule has 1 atom stereocenters. The fourth-order valence-corrected chi connectivity index (χ4v) is 3.07. The standard InChI is InChI=1S/C13H16F5N3O3S/c1-13(6-19-7-13)10(12(23)21-24)20-11(22)8-2-4-9(5-3-8)25(14,15,16,17)18/h2-5,10,19,24H,6-7H2,1H3,(H,20,22)(H,21,23). The molecule has 1 aromatic rings. The maximum Gasteiger partial charge on any atom is 0.310 e. The van der Waals surface area contributed by atoms with E-state index in [1.54, 1.807) is 6.92 Å². The molecule has 1 heterocycles. The van der Waals surface area contributed by atoms with Crippen LogP contribution in [0, 0.1) is 5.41 Å². The largest absolute Gasteiger partial charge is 0.340 e. The van der Waals surface area contributed by atoms with Gasteiger partial charge in [-0.2, -0.15) is 0 Å². The zero-order chi connectivity index (χ0) is 19.2. The normalized spacial score (nSPS) is 20.4. The van der Waals surface area contributed by atoms with Crippen molar-refractivity contribution in [2.45, 2.75) is 17.9 Å². The molecular weight excluding hydrogens is 373 g/mol. The molecule has 0 radical (unpaired) electrons. The van der Waals surface area contributed by atoms with Crippen molar-refractivity contribution in [2.24, 2.45) is 5.41 Å². The van der Waals surface area contributed by atoms with E-state index < -0.39 is 38.4 Å². The van der Waals surface area contributed by atoms with E-state index >= 15 is 0 Å². The van der Waals surface area contributed by atoms with Crippen molar-refractivity contribution in [2.75, 3.05) is 13.1 Å². The molecule has 1 saturated heterocycles. The molecule has 0 aliphatic carbocycles. The quantitative estimate of drug-likeness (QED) is 0.354. The van der Waals surface area contributed by atoms with Gasteiger partial charge in [-0.15, -0.1) is 0 Å². The molecule has 0 aromatic heterocycles. The monoisotopic (exact) mass is 389 g/mol. The predicted molar refractivity (Wildman–Crippen MR) is 80.0 cm³/mol. The summed E-state index contributed by atoms with van der Waals surface area (Å²) in [6.07, 6.45) is 0. The molecule has 0 spiro atoms. The highest BCUT2D eigenvalue weighted by atomic mass is 32.5. The number of amides is 2. The lowest BCUT2D eigenvalue weighted by atomic mass is 9.76. The average molecular weight is 389 g/mol. The first kappa shape index (κ1) is 19.4. The van der Waals surface area contributed by atoms with Gasteiger partial charge >= 0.3 is 10.2 Å². The van der Waals surface area contributed by atoms with Crippen LogP contribution in [0.1, 0.15) is 17.3 Å². The molecule has 4 N–H and O–H groups in total. The van der Waals surface area contributed by atoms with E-state index in [1.807, 2.05) is 0 Å². The number of benzene rings is 1. The lowest BCUT2D eigenvalue weighted by molar-refractivity contribution is -0.135. The minimum absolute atomic E-state index is 0.115. The zero-order valence-electron chi connectivity index (χ0n) is 12.9. The highest BCUT2D eigenvalue weighted by Gasteiger charge is 2.65. The van der Waals surface area contributed by atoms with Crippen molar-refractivity contribution < 1.29 is 34.2 Å². The number of carbonyl (C=O) groups is 2. The molecule has 1 aliphatic heterocycles. The Morgan fingerprint density at radius 2 is 1.68 bits per heavy atom. The number of nitrogens with one attached hydrogen (secondary N) is 3.